The Balaban J connectivity index is 2.37. The molecule has 0 spiro atoms. The summed E-state index contributed by atoms with van der Waals surface area (Å²) in [4.78, 5) is 27.7. The fourth-order valence-corrected chi connectivity index (χ4v) is 4.46. The van der Waals surface area contributed by atoms with Crippen LogP contribution in [0.1, 0.15) is 57.7 Å². The molecule has 2 aromatic carbocycles. The summed E-state index contributed by atoms with van der Waals surface area (Å²) in [5.74, 6) is -0.720. The number of sulfonamides is 1. The highest BCUT2D eigenvalue weighted by molar-refractivity contribution is 7.92. The highest BCUT2D eigenvalue weighted by Crippen LogP contribution is 2.26. The summed E-state index contributed by atoms with van der Waals surface area (Å²) in [7, 11) is -3.75. The number of nitrogens with one attached hydrogen (secondary N) is 1. The maximum absolute atomic E-state index is 13.5. The van der Waals surface area contributed by atoms with Crippen molar-refractivity contribution in [1.82, 2.24) is 10.2 Å². The van der Waals surface area contributed by atoms with E-state index in [1.165, 1.54) is 4.90 Å². The average molecular weight is 502 g/mol. The molecule has 35 heavy (non-hydrogen) atoms. The third kappa shape index (κ3) is 8.09. The topological polar surface area (TPSA) is 86.8 Å². The minimum Gasteiger partial charge on any atom is -0.354 e. The summed E-state index contributed by atoms with van der Waals surface area (Å²) in [6.07, 6.45) is 1.86. The highest BCUT2D eigenvalue weighted by atomic mass is 32.2. The van der Waals surface area contributed by atoms with Gasteiger partial charge in [0.1, 0.15) is 12.6 Å². The molecule has 0 heterocycles. The first kappa shape index (κ1) is 28.4. The van der Waals surface area contributed by atoms with E-state index in [2.05, 4.69) is 26.1 Å². The van der Waals surface area contributed by atoms with Gasteiger partial charge in [-0.3, -0.25) is 13.9 Å². The number of hydrogen-bond donors (Lipinski definition) is 1. The Morgan fingerprint density at radius 1 is 1.00 bits per heavy atom. The van der Waals surface area contributed by atoms with E-state index >= 15 is 0 Å². The second-order valence-corrected chi connectivity index (χ2v) is 11.9. The second kappa shape index (κ2) is 11.7. The van der Waals surface area contributed by atoms with Crippen molar-refractivity contribution in [3.8, 4) is 0 Å². The third-order valence-electron chi connectivity index (χ3n) is 5.89. The second-order valence-electron chi connectivity index (χ2n) is 10.0. The van der Waals surface area contributed by atoms with Crippen LogP contribution in [0.4, 0.5) is 5.69 Å². The van der Waals surface area contributed by atoms with Gasteiger partial charge in [0.05, 0.1) is 11.9 Å². The van der Waals surface area contributed by atoms with E-state index in [9.17, 15) is 18.0 Å². The molecule has 0 bridgehead atoms. The Morgan fingerprint density at radius 2 is 1.57 bits per heavy atom. The smallest absolute Gasteiger partial charge is 0.244 e. The zero-order chi connectivity index (χ0) is 26.4. The van der Waals surface area contributed by atoms with Gasteiger partial charge in [0.25, 0.3) is 0 Å². The van der Waals surface area contributed by atoms with Crippen molar-refractivity contribution in [2.24, 2.45) is 0 Å². The summed E-state index contributed by atoms with van der Waals surface area (Å²) >= 11 is 0. The summed E-state index contributed by atoms with van der Waals surface area (Å²) < 4.78 is 26.5. The van der Waals surface area contributed by atoms with Gasteiger partial charge in [-0.15, -0.1) is 0 Å². The molecular weight excluding hydrogens is 462 g/mol. The van der Waals surface area contributed by atoms with Crippen LogP contribution in [0.25, 0.3) is 0 Å². The number of carbonyl (C=O) groups excluding carboxylic acids is 2. The Hall–Kier alpha value is -2.87. The molecule has 2 amide bonds. The van der Waals surface area contributed by atoms with Crippen LogP contribution < -0.4 is 9.62 Å². The minimum atomic E-state index is -3.75. The van der Waals surface area contributed by atoms with E-state index < -0.39 is 28.5 Å². The van der Waals surface area contributed by atoms with Crippen LogP contribution in [0.2, 0.25) is 0 Å². The van der Waals surface area contributed by atoms with Gasteiger partial charge < -0.3 is 10.2 Å². The minimum absolute atomic E-state index is 0.0869. The van der Waals surface area contributed by atoms with Gasteiger partial charge in [0, 0.05) is 13.1 Å². The van der Waals surface area contributed by atoms with E-state index in [-0.39, 0.29) is 17.9 Å². The van der Waals surface area contributed by atoms with Crippen LogP contribution in [-0.2, 0) is 31.6 Å². The van der Waals surface area contributed by atoms with Crippen LogP contribution in [0.5, 0.6) is 0 Å². The zero-order valence-electron chi connectivity index (χ0n) is 22.0. The molecule has 8 heteroatoms. The van der Waals surface area contributed by atoms with E-state index in [1.54, 1.807) is 19.1 Å². The lowest BCUT2D eigenvalue weighted by molar-refractivity contribution is -0.139. The number of benzene rings is 2. The first-order valence-electron chi connectivity index (χ1n) is 11.9. The van der Waals surface area contributed by atoms with Crippen molar-refractivity contribution in [2.45, 2.75) is 66.0 Å². The van der Waals surface area contributed by atoms with E-state index in [4.69, 9.17) is 0 Å². The third-order valence-corrected chi connectivity index (χ3v) is 7.03. The highest BCUT2D eigenvalue weighted by Gasteiger charge is 2.30. The van der Waals surface area contributed by atoms with Crippen molar-refractivity contribution in [3.63, 3.8) is 0 Å². The normalized spacial score (nSPS) is 12.7. The monoisotopic (exact) mass is 501 g/mol. The van der Waals surface area contributed by atoms with Crippen molar-refractivity contribution in [1.29, 1.82) is 0 Å². The molecule has 1 N–H and O–H groups in total. The first-order valence-corrected chi connectivity index (χ1v) is 13.8. The number of amides is 2. The fourth-order valence-electron chi connectivity index (χ4n) is 3.61. The molecule has 0 saturated heterocycles. The van der Waals surface area contributed by atoms with Crippen LogP contribution >= 0.6 is 0 Å². The lowest BCUT2D eigenvalue weighted by atomic mass is 9.87. The standard InChI is InChI=1S/C27H39N3O4S/c1-8-17-28-26(32)21(3)29(18-22-11-9-20(2)10-12-22)25(31)19-30(35(7,33)34)24-15-13-23(14-16-24)27(4,5)6/h9-16,21H,8,17-19H2,1-7H3,(H,28,32). The maximum atomic E-state index is 13.5. The van der Waals surface area contributed by atoms with Crippen molar-refractivity contribution < 1.29 is 18.0 Å². The summed E-state index contributed by atoms with van der Waals surface area (Å²) in [5, 5.41) is 2.83. The van der Waals surface area contributed by atoms with Crippen LogP contribution in [0.3, 0.4) is 0 Å². The van der Waals surface area contributed by atoms with Gasteiger partial charge in [-0.2, -0.15) is 0 Å². The quantitative estimate of drug-likeness (QED) is 0.533. The van der Waals surface area contributed by atoms with Crippen LogP contribution in [0, 0.1) is 6.92 Å². The molecule has 192 valence electrons. The Labute approximate surface area is 210 Å². The Bertz CT molecular complexity index is 1100. The van der Waals surface area contributed by atoms with E-state index in [1.807, 2.05) is 50.2 Å². The molecule has 0 aliphatic rings. The predicted molar refractivity (Wildman–Crippen MR) is 142 cm³/mol. The summed E-state index contributed by atoms with van der Waals surface area (Å²) in [5.41, 5.74) is 3.33. The lowest BCUT2D eigenvalue weighted by Gasteiger charge is -2.31. The molecule has 2 rings (SSSR count). The predicted octanol–water partition coefficient (Wildman–Crippen LogP) is 4.00. The molecule has 0 aliphatic heterocycles. The van der Waals surface area contributed by atoms with Crippen LogP contribution in [0.15, 0.2) is 48.5 Å². The number of anilines is 1. The van der Waals surface area contributed by atoms with Crippen molar-refractivity contribution in [2.75, 3.05) is 23.7 Å². The Morgan fingerprint density at radius 3 is 2.06 bits per heavy atom. The fraction of sp³-hybridized carbons (Fsp3) is 0.481. The van der Waals surface area contributed by atoms with Gasteiger partial charge in [-0.05, 0) is 48.9 Å². The van der Waals surface area contributed by atoms with E-state index in [0.29, 0.717) is 12.2 Å². The number of hydrogen-bond acceptors (Lipinski definition) is 4. The van der Waals surface area contributed by atoms with Crippen molar-refractivity contribution in [3.05, 3.63) is 65.2 Å². The van der Waals surface area contributed by atoms with Gasteiger partial charge >= 0.3 is 0 Å². The SMILES string of the molecule is CCCNC(=O)C(C)N(Cc1ccc(C)cc1)C(=O)CN(c1ccc(C(C)(C)C)cc1)S(C)(=O)=O. The molecular formula is C27H39N3O4S. The first-order chi connectivity index (χ1) is 16.2. The largest absolute Gasteiger partial charge is 0.354 e. The molecule has 2 aromatic rings. The maximum Gasteiger partial charge on any atom is 0.244 e. The zero-order valence-corrected chi connectivity index (χ0v) is 22.8. The van der Waals surface area contributed by atoms with Gasteiger partial charge in [-0.1, -0.05) is 69.7 Å². The van der Waals surface area contributed by atoms with Crippen LogP contribution in [-0.4, -0.2) is 50.5 Å². The average Bonchev–Trinajstić information content (AvgIpc) is 2.78. The molecule has 7 nitrogen and oxygen atoms in total. The molecule has 0 fully saturated rings. The summed E-state index contributed by atoms with van der Waals surface area (Å²) in [6, 6.07) is 14.1. The van der Waals surface area contributed by atoms with E-state index in [0.717, 1.165) is 33.7 Å². The van der Waals surface area contributed by atoms with Crippen molar-refractivity contribution >= 4 is 27.5 Å². The Kier molecular flexibility index (Phi) is 9.49. The van der Waals surface area contributed by atoms with Gasteiger partial charge in [0.15, 0.2) is 0 Å². The number of carbonyl (C=O) groups is 2. The number of aryl methyl sites for hydroxylation is 1. The number of nitrogens with zero attached hydrogens (tertiary/aromatic N) is 2. The molecule has 0 saturated carbocycles. The molecule has 0 radical (unpaired) electrons. The molecule has 1 unspecified atom stereocenters. The lowest BCUT2D eigenvalue weighted by Crippen LogP contribution is -2.51. The summed E-state index contributed by atoms with van der Waals surface area (Å²) in [6.45, 7) is 12.1. The number of rotatable bonds is 10. The molecule has 0 aromatic heterocycles. The van der Waals surface area contributed by atoms with Gasteiger partial charge in [-0.25, -0.2) is 8.42 Å². The molecule has 0 aliphatic carbocycles. The molecule has 1 atom stereocenters. The van der Waals surface area contributed by atoms with Gasteiger partial charge in [0.2, 0.25) is 21.8 Å².